The molecule has 4 nitrogen and oxygen atoms in total. The van der Waals surface area contributed by atoms with Crippen LogP contribution in [0.1, 0.15) is 19.3 Å². The van der Waals surface area contributed by atoms with Crippen molar-refractivity contribution in [2.45, 2.75) is 19.3 Å². The van der Waals surface area contributed by atoms with Crippen LogP contribution in [0.2, 0.25) is 0 Å². The predicted molar refractivity (Wildman–Crippen MR) is 46.0 cm³/mol. The average Bonchev–Trinajstić information content (AvgIpc) is 1.96. The van der Waals surface area contributed by atoms with E-state index in [-0.39, 0.29) is 5.41 Å². The minimum atomic E-state index is -0.866. The summed E-state index contributed by atoms with van der Waals surface area (Å²) in [5, 5.41) is 8.65. The number of nitrogens with zero attached hydrogens (tertiary/aromatic N) is 1. The quantitative estimate of drug-likeness (QED) is 0.659. The summed E-state index contributed by atoms with van der Waals surface area (Å²) in [6.07, 6.45) is 2.46. The van der Waals surface area contributed by atoms with Gasteiger partial charge in [-0.05, 0) is 19.4 Å². The molecule has 0 aliphatic heterocycles. The molecule has 0 unspecified atom stereocenters. The lowest BCUT2D eigenvalue weighted by Gasteiger charge is -2.42. The first-order valence-electron chi connectivity index (χ1n) is 4.24. The molecular weight excluding hydrogens is 156 g/mol. The summed E-state index contributed by atoms with van der Waals surface area (Å²) >= 11 is 0. The van der Waals surface area contributed by atoms with Crippen molar-refractivity contribution in [1.82, 2.24) is 4.90 Å². The van der Waals surface area contributed by atoms with E-state index in [4.69, 9.17) is 10.8 Å². The van der Waals surface area contributed by atoms with Crippen LogP contribution in [0.4, 0.5) is 4.79 Å². The van der Waals surface area contributed by atoms with Crippen LogP contribution in [0, 0.1) is 5.41 Å². The van der Waals surface area contributed by atoms with E-state index in [9.17, 15) is 4.79 Å². The largest absolute Gasteiger partial charge is 0.465 e. The third kappa shape index (κ3) is 1.69. The Bertz CT molecular complexity index is 172. The zero-order valence-corrected chi connectivity index (χ0v) is 7.42. The molecule has 0 aromatic heterocycles. The summed E-state index contributed by atoms with van der Waals surface area (Å²) < 4.78 is 0. The number of carboxylic acid groups (broad SMARTS) is 1. The minimum Gasteiger partial charge on any atom is -0.465 e. The van der Waals surface area contributed by atoms with Gasteiger partial charge in [-0.2, -0.15) is 0 Å². The third-order valence-corrected chi connectivity index (χ3v) is 2.75. The maximum Gasteiger partial charge on any atom is 0.407 e. The van der Waals surface area contributed by atoms with Gasteiger partial charge in [-0.25, -0.2) is 4.79 Å². The van der Waals surface area contributed by atoms with Gasteiger partial charge >= 0.3 is 6.09 Å². The molecule has 0 spiro atoms. The lowest BCUT2D eigenvalue weighted by atomic mass is 9.68. The lowest BCUT2D eigenvalue weighted by molar-refractivity contribution is 0.0804. The molecule has 4 heteroatoms. The lowest BCUT2D eigenvalue weighted by Crippen LogP contribution is -2.47. The van der Waals surface area contributed by atoms with Crippen molar-refractivity contribution in [3.05, 3.63) is 0 Å². The summed E-state index contributed by atoms with van der Waals surface area (Å²) in [6, 6.07) is 0. The van der Waals surface area contributed by atoms with Gasteiger partial charge in [0, 0.05) is 19.0 Å². The normalized spacial score (nSPS) is 19.8. The summed E-state index contributed by atoms with van der Waals surface area (Å²) in [4.78, 5) is 11.8. The molecule has 0 bridgehead atoms. The maximum atomic E-state index is 10.5. The number of amides is 1. The van der Waals surface area contributed by atoms with Crippen LogP contribution < -0.4 is 5.73 Å². The van der Waals surface area contributed by atoms with Crippen molar-refractivity contribution in [2.24, 2.45) is 11.1 Å². The fraction of sp³-hybridized carbons (Fsp3) is 0.875. The molecule has 1 aliphatic rings. The minimum absolute atomic E-state index is 0.0904. The molecule has 1 rings (SSSR count). The van der Waals surface area contributed by atoms with Crippen LogP contribution in [0.3, 0.4) is 0 Å². The Morgan fingerprint density at radius 3 is 2.50 bits per heavy atom. The fourth-order valence-corrected chi connectivity index (χ4v) is 1.67. The van der Waals surface area contributed by atoms with Gasteiger partial charge in [-0.1, -0.05) is 6.42 Å². The van der Waals surface area contributed by atoms with Crippen molar-refractivity contribution in [1.29, 1.82) is 0 Å². The van der Waals surface area contributed by atoms with Crippen LogP contribution in [0.15, 0.2) is 0 Å². The van der Waals surface area contributed by atoms with Gasteiger partial charge in [0.05, 0.1) is 0 Å². The first kappa shape index (κ1) is 9.32. The molecule has 1 fully saturated rings. The molecule has 1 amide bonds. The summed E-state index contributed by atoms with van der Waals surface area (Å²) in [5.74, 6) is 0. The van der Waals surface area contributed by atoms with Gasteiger partial charge in [0.2, 0.25) is 0 Å². The van der Waals surface area contributed by atoms with Crippen LogP contribution in [0.5, 0.6) is 0 Å². The fourth-order valence-electron chi connectivity index (χ4n) is 1.67. The highest BCUT2D eigenvalue weighted by Crippen LogP contribution is 2.40. The van der Waals surface area contributed by atoms with E-state index in [0.717, 1.165) is 12.8 Å². The Morgan fingerprint density at radius 1 is 1.67 bits per heavy atom. The van der Waals surface area contributed by atoms with E-state index in [1.807, 2.05) is 0 Å². The molecule has 0 saturated heterocycles. The summed E-state index contributed by atoms with van der Waals surface area (Å²) in [6.45, 7) is 1.18. The van der Waals surface area contributed by atoms with E-state index in [0.29, 0.717) is 13.1 Å². The predicted octanol–water partition coefficient (Wildman–Crippen LogP) is 0.725. The third-order valence-electron chi connectivity index (χ3n) is 2.75. The van der Waals surface area contributed by atoms with Crippen molar-refractivity contribution < 1.29 is 9.90 Å². The molecule has 1 aliphatic carbocycles. The standard InChI is InChI=1S/C8H16N2O2/c1-10(7(11)12)6-8(5-9)3-2-4-8/h2-6,9H2,1H3,(H,11,12). The number of carbonyl (C=O) groups is 1. The van der Waals surface area contributed by atoms with Gasteiger partial charge in [-0.3, -0.25) is 0 Å². The van der Waals surface area contributed by atoms with Gasteiger partial charge in [0.25, 0.3) is 0 Å². The molecule has 1 saturated carbocycles. The van der Waals surface area contributed by atoms with Gasteiger partial charge in [-0.15, -0.1) is 0 Å². The zero-order chi connectivity index (χ0) is 9.19. The second-order valence-electron chi connectivity index (χ2n) is 3.70. The second-order valence-corrected chi connectivity index (χ2v) is 3.70. The summed E-state index contributed by atoms with van der Waals surface area (Å²) in [5.41, 5.74) is 5.69. The van der Waals surface area contributed by atoms with Gasteiger partial charge in [0.1, 0.15) is 0 Å². The van der Waals surface area contributed by atoms with Crippen molar-refractivity contribution in [2.75, 3.05) is 20.1 Å². The number of rotatable bonds is 3. The number of nitrogens with two attached hydrogens (primary N) is 1. The average molecular weight is 172 g/mol. The highest BCUT2D eigenvalue weighted by molar-refractivity contribution is 5.64. The van der Waals surface area contributed by atoms with Crippen molar-refractivity contribution in [3.63, 3.8) is 0 Å². The number of hydrogen-bond donors (Lipinski definition) is 2. The topological polar surface area (TPSA) is 66.6 Å². The Labute approximate surface area is 72.3 Å². The molecule has 70 valence electrons. The van der Waals surface area contributed by atoms with Gasteiger partial charge in [0.15, 0.2) is 0 Å². The monoisotopic (exact) mass is 172 g/mol. The zero-order valence-electron chi connectivity index (χ0n) is 7.42. The van der Waals surface area contributed by atoms with Gasteiger partial charge < -0.3 is 15.7 Å². The molecule has 3 N–H and O–H groups in total. The van der Waals surface area contributed by atoms with E-state index in [1.54, 1.807) is 7.05 Å². The van der Waals surface area contributed by atoms with Crippen LogP contribution in [-0.2, 0) is 0 Å². The second kappa shape index (κ2) is 3.31. The first-order valence-corrected chi connectivity index (χ1v) is 4.24. The first-order chi connectivity index (χ1) is 5.59. The number of hydrogen-bond acceptors (Lipinski definition) is 2. The highest BCUT2D eigenvalue weighted by atomic mass is 16.4. The van der Waals surface area contributed by atoms with Crippen LogP contribution >= 0.6 is 0 Å². The Balaban J connectivity index is 2.42. The molecule has 0 heterocycles. The molecule has 0 aromatic carbocycles. The van der Waals surface area contributed by atoms with E-state index in [2.05, 4.69) is 0 Å². The van der Waals surface area contributed by atoms with Crippen LogP contribution in [0.25, 0.3) is 0 Å². The van der Waals surface area contributed by atoms with Crippen molar-refractivity contribution in [3.8, 4) is 0 Å². The molecule has 12 heavy (non-hydrogen) atoms. The smallest absolute Gasteiger partial charge is 0.407 e. The Kier molecular flexibility index (Phi) is 2.57. The Morgan fingerprint density at radius 2 is 2.25 bits per heavy atom. The molecule has 0 radical (unpaired) electrons. The molecule has 0 aromatic rings. The molecule has 0 atom stereocenters. The highest BCUT2D eigenvalue weighted by Gasteiger charge is 2.37. The molecular formula is C8H16N2O2. The van der Waals surface area contributed by atoms with E-state index < -0.39 is 6.09 Å². The summed E-state index contributed by atoms with van der Waals surface area (Å²) in [7, 11) is 1.60. The van der Waals surface area contributed by atoms with E-state index in [1.165, 1.54) is 11.3 Å². The maximum absolute atomic E-state index is 10.5. The van der Waals surface area contributed by atoms with Crippen molar-refractivity contribution >= 4 is 6.09 Å². The van der Waals surface area contributed by atoms with Crippen LogP contribution in [-0.4, -0.2) is 36.2 Å². The SMILES string of the molecule is CN(CC1(CN)CCC1)C(=O)O. The van der Waals surface area contributed by atoms with E-state index >= 15 is 0 Å². The Hall–Kier alpha value is -0.770.